The van der Waals surface area contributed by atoms with Gasteiger partial charge in [0.05, 0.1) is 0 Å². The summed E-state index contributed by atoms with van der Waals surface area (Å²) < 4.78 is 0. The Labute approximate surface area is 95.8 Å². The average Bonchev–Trinajstić information content (AvgIpc) is 2.28. The van der Waals surface area contributed by atoms with Crippen LogP contribution in [0.4, 0.5) is 5.69 Å². The van der Waals surface area contributed by atoms with Gasteiger partial charge in [-0.3, -0.25) is 9.78 Å². The molecule has 1 unspecified atom stereocenters. The molecule has 1 amide bonds. The summed E-state index contributed by atoms with van der Waals surface area (Å²) in [5, 5.41) is 5.81. The summed E-state index contributed by atoms with van der Waals surface area (Å²) in [5.41, 5.74) is 1.31. The Bertz CT molecular complexity index is 376. The van der Waals surface area contributed by atoms with E-state index in [-0.39, 0.29) is 11.9 Å². The highest BCUT2D eigenvalue weighted by Crippen LogP contribution is 2.10. The summed E-state index contributed by atoms with van der Waals surface area (Å²) in [5.74, 6) is -0.181. The molecule has 0 aliphatic heterocycles. The number of nitrogens with zero attached hydrogens (tertiary/aromatic N) is 1. The second-order valence-electron chi connectivity index (χ2n) is 3.58. The van der Waals surface area contributed by atoms with Crippen LogP contribution in [0.2, 0.25) is 0 Å². The van der Waals surface area contributed by atoms with Crippen molar-refractivity contribution in [3.05, 3.63) is 36.7 Å². The van der Waals surface area contributed by atoms with E-state index in [1.54, 1.807) is 19.3 Å². The minimum absolute atomic E-state index is 0.181. The van der Waals surface area contributed by atoms with Gasteiger partial charge < -0.3 is 10.6 Å². The predicted molar refractivity (Wildman–Crippen MR) is 65.5 cm³/mol. The van der Waals surface area contributed by atoms with Crippen LogP contribution in [-0.2, 0) is 0 Å². The molecule has 1 heterocycles. The van der Waals surface area contributed by atoms with Crippen molar-refractivity contribution in [1.82, 2.24) is 10.3 Å². The monoisotopic (exact) mass is 219 g/mol. The number of pyridine rings is 1. The van der Waals surface area contributed by atoms with Crippen LogP contribution in [0.15, 0.2) is 31.0 Å². The van der Waals surface area contributed by atoms with Crippen LogP contribution < -0.4 is 10.6 Å². The van der Waals surface area contributed by atoms with Crippen LogP contribution in [0.25, 0.3) is 0 Å². The molecule has 0 aliphatic rings. The first kappa shape index (κ1) is 12.2. The summed E-state index contributed by atoms with van der Waals surface area (Å²) in [4.78, 5) is 15.4. The van der Waals surface area contributed by atoms with Crippen molar-refractivity contribution >= 4 is 11.6 Å². The molecule has 0 fully saturated rings. The molecular formula is C12H17N3O. The zero-order valence-electron chi connectivity index (χ0n) is 9.66. The molecule has 1 atom stereocenters. The SMILES string of the molecule is C=CCC(C)Nc1ccnc(C(=O)NC)c1. The molecule has 4 nitrogen and oxygen atoms in total. The van der Waals surface area contributed by atoms with Gasteiger partial charge in [0, 0.05) is 25.0 Å². The zero-order valence-corrected chi connectivity index (χ0v) is 9.66. The number of rotatable bonds is 5. The van der Waals surface area contributed by atoms with E-state index >= 15 is 0 Å². The van der Waals surface area contributed by atoms with Crippen LogP contribution in [-0.4, -0.2) is 24.0 Å². The van der Waals surface area contributed by atoms with E-state index in [0.29, 0.717) is 5.69 Å². The first-order chi connectivity index (χ1) is 7.67. The van der Waals surface area contributed by atoms with Gasteiger partial charge in [0.15, 0.2) is 0 Å². The topological polar surface area (TPSA) is 54.0 Å². The highest BCUT2D eigenvalue weighted by molar-refractivity contribution is 5.92. The number of aromatic nitrogens is 1. The standard InChI is InChI=1S/C12H17N3O/c1-4-5-9(2)15-10-6-7-14-11(8-10)12(16)13-3/h4,6-9H,1,5H2,2-3H3,(H,13,16)(H,14,15). The molecule has 0 saturated heterocycles. The summed E-state index contributed by atoms with van der Waals surface area (Å²) >= 11 is 0. The molecule has 1 aromatic heterocycles. The minimum Gasteiger partial charge on any atom is -0.382 e. The van der Waals surface area contributed by atoms with Gasteiger partial charge in [-0.15, -0.1) is 6.58 Å². The molecule has 0 aromatic carbocycles. The van der Waals surface area contributed by atoms with Crippen LogP contribution in [0.5, 0.6) is 0 Å². The minimum atomic E-state index is -0.181. The first-order valence-electron chi connectivity index (χ1n) is 5.23. The van der Waals surface area contributed by atoms with E-state index in [4.69, 9.17) is 0 Å². The van der Waals surface area contributed by atoms with Crippen LogP contribution >= 0.6 is 0 Å². The molecule has 1 aromatic rings. The van der Waals surface area contributed by atoms with Crippen molar-refractivity contribution < 1.29 is 4.79 Å². The molecule has 0 spiro atoms. The van der Waals surface area contributed by atoms with Gasteiger partial charge >= 0.3 is 0 Å². The molecule has 4 heteroatoms. The third kappa shape index (κ3) is 3.38. The van der Waals surface area contributed by atoms with Crippen molar-refractivity contribution in [3.8, 4) is 0 Å². The average molecular weight is 219 g/mol. The lowest BCUT2D eigenvalue weighted by molar-refractivity contribution is 0.0958. The van der Waals surface area contributed by atoms with E-state index in [0.717, 1.165) is 12.1 Å². The highest BCUT2D eigenvalue weighted by Gasteiger charge is 2.06. The van der Waals surface area contributed by atoms with E-state index < -0.39 is 0 Å². The molecule has 0 aliphatic carbocycles. The van der Waals surface area contributed by atoms with Gasteiger partial charge in [0.2, 0.25) is 0 Å². The van der Waals surface area contributed by atoms with Crippen molar-refractivity contribution in [1.29, 1.82) is 0 Å². The Morgan fingerprint density at radius 2 is 2.44 bits per heavy atom. The summed E-state index contributed by atoms with van der Waals surface area (Å²) in [6.07, 6.45) is 4.35. The molecule has 86 valence electrons. The molecule has 1 rings (SSSR count). The Morgan fingerprint density at radius 3 is 3.06 bits per heavy atom. The highest BCUT2D eigenvalue weighted by atomic mass is 16.1. The zero-order chi connectivity index (χ0) is 12.0. The number of carbonyl (C=O) groups is 1. The smallest absolute Gasteiger partial charge is 0.269 e. The maximum absolute atomic E-state index is 11.4. The Kier molecular flexibility index (Phi) is 4.51. The Balaban J connectivity index is 2.74. The summed E-state index contributed by atoms with van der Waals surface area (Å²) in [7, 11) is 1.59. The van der Waals surface area contributed by atoms with E-state index in [1.165, 1.54) is 0 Å². The first-order valence-corrected chi connectivity index (χ1v) is 5.23. The van der Waals surface area contributed by atoms with Crippen molar-refractivity contribution in [3.63, 3.8) is 0 Å². The molecule has 0 saturated carbocycles. The van der Waals surface area contributed by atoms with E-state index in [1.807, 2.05) is 12.1 Å². The molecule has 16 heavy (non-hydrogen) atoms. The largest absolute Gasteiger partial charge is 0.382 e. The maximum atomic E-state index is 11.4. The fourth-order valence-corrected chi connectivity index (χ4v) is 1.37. The quantitative estimate of drug-likeness (QED) is 0.743. The van der Waals surface area contributed by atoms with Gasteiger partial charge in [-0.1, -0.05) is 6.08 Å². The number of hydrogen-bond acceptors (Lipinski definition) is 3. The second-order valence-corrected chi connectivity index (χ2v) is 3.58. The van der Waals surface area contributed by atoms with Gasteiger partial charge in [-0.25, -0.2) is 0 Å². The van der Waals surface area contributed by atoms with Crippen LogP contribution in [0.3, 0.4) is 0 Å². The summed E-state index contributed by atoms with van der Waals surface area (Å²) in [6, 6.07) is 3.86. The number of hydrogen-bond donors (Lipinski definition) is 2. The molecule has 0 bridgehead atoms. The lowest BCUT2D eigenvalue weighted by Gasteiger charge is -2.13. The van der Waals surface area contributed by atoms with Crippen LogP contribution in [0, 0.1) is 0 Å². The van der Waals surface area contributed by atoms with Crippen LogP contribution in [0.1, 0.15) is 23.8 Å². The van der Waals surface area contributed by atoms with Gasteiger partial charge in [-0.05, 0) is 25.5 Å². The second kappa shape index (κ2) is 5.90. The van der Waals surface area contributed by atoms with Crippen molar-refractivity contribution in [2.24, 2.45) is 0 Å². The Morgan fingerprint density at radius 1 is 1.69 bits per heavy atom. The summed E-state index contributed by atoms with van der Waals surface area (Å²) in [6.45, 7) is 5.74. The third-order valence-corrected chi connectivity index (χ3v) is 2.15. The van der Waals surface area contributed by atoms with E-state index in [9.17, 15) is 4.79 Å². The molecular weight excluding hydrogens is 202 g/mol. The lowest BCUT2D eigenvalue weighted by Crippen LogP contribution is -2.20. The number of nitrogens with one attached hydrogen (secondary N) is 2. The van der Waals surface area contributed by atoms with Gasteiger partial charge in [0.1, 0.15) is 5.69 Å². The van der Waals surface area contributed by atoms with Crippen molar-refractivity contribution in [2.45, 2.75) is 19.4 Å². The number of carbonyl (C=O) groups excluding carboxylic acids is 1. The number of anilines is 1. The van der Waals surface area contributed by atoms with E-state index in [2.05, 4.69) is 29.1 Å². The fourth-order valence-electron chi connectivity index (χ4n) is 1.37. The lowest BCUT2D eigenvalue weighted by atomic mass is 10.2. The maximum Gasteiger partial charge on any atom is 0.269 e. The molecule has 0 radical (unpaired) electrons. The predicted octanol–water partition coefficient (Wildman–Crippen LogP) is 1.82. The normalized spacial score (nSPS) is 11.6. The fraction of sp³-hybridized carbons (Fsp3) is 0.333. The molecule has 2 N–H and O–H groups in total. The number of amides is 1. The third-order valence-electron chi connectivity index (χ3n) is 2.15. The van der Waals surface area contributed by atoms with Gasteiger partial charge in [0.25, 0.3) is 5.91 Å². The van der Waals surface area contributed by atoms with Gasteiger partial charge in [-0.2, -0.15) is 0 Å². The van der Waals surface area contributed by atoms with Crippen molar-refractivity contribution in [2.75, 3.05) is 12.4 Å². The Hall–Kier alpha value is -1.84.